The topological polar surface area (TPSA) is 62.7 Å². The van der Waals surface area contributed by atoms with Gasteiger partial charge in [-0.15, -0.1) is 0 Å². The van der Waals surface area contributed by atoms with Crippen molar-refractivity contribution in [3.05, 3.63) is 29.6 Å². The summed E-state index contributed by atoms with van der Waals surface area (Å²) in [6.07, 6.45) is 2.07. The van der Waals surface area contributed by atoms with Crippen LogP contribution in [0.2, 0.25) is 0 Å². The number of amides is 2. The third-order valence-corrected chi connectivity index (χ3v) is 4.79. The van der Waals surface area contributed by atoms with Crippen LogP contribution in [0, 0.1) is 6.92 Å². The molecule has 0 aliphatic carbocycles. The van der Waals surface area contributed by atoms with E-state index < -0.39 is 0 Å². The lowest BCUT2D eigenvalue weighted by Crippen LogP contribution is -2.54. The number of aryl methyl sites for hydroxylation is 1. The Kier molecular flexibility index (Phi) is 4.61. The number of likely N-dealkylation sites (tertiary alicyclic amines) is 2. The Balaban J connectivity index is 1.76. The molecule has 1 aromatic heterocycles. The first-order valence-corrected chi connectivity index (χ1v) is 8.15. The number of aromatic nitrogens is 1. The van der Waals surface area contributed by atoms with Crippen molar-refractivity contribution >= 4 is 11.8 Å². The van der Waals surface area contributed by atoms with E-state index in [0.717, 1.165) is 18.5 Å². The Hall–Kier alpha value is -1.95. The van der Waals surface area contributed by atoms with E-state index in [4.69, 9.17) is 4.74 Å². The van der Waals surface area contributed by atoms with Gasteiger partial charge in [-0.25, -0.2) is 4.98 Å². The second kappa shape index (κ2) is 6.66. The predicted molar refractivity (Wildman–Crippen MR) is 85.0 cm³/mol. The number of carbonyl (C=O) groups excluding carboxylic acids is 2. The van der Waals surface area contributed by atoms with Crippen LogP contribution in [0.25, 0.3) is 0 Å². The molecular weight excluding hydrogens is 294 g/mol. The summed E-state index contributed by atoms with van der Waals surface area (Å²) >= 11 is 0. The van der Waals surface area contributed by atoms with E-state index in [1.54, 1.807) is 13.2 Å². The van der Waals surface area contributed by atoms with Crippen LogP contribution in [-0.2, 0) is 9.53 Å². The van der Waals surface area contributed by atoms with Gasteiger partial charge >= 0.3 is 0 Å². The summed E-state index contributed by atoms with van der Waals surface area (Å²) in [5, 5.41) is 0. The maximum absolute atomic E-state index is 12.8. The summed E-state index contributed by atoms with van der Waals surface area (Å²) in [6, 6.07) is 5.71. The zero-order valence-corrected chi connectivity index (χ0v) is 13.7. The van der Waals surface area contributed by atoms with Crippen molar-refractivity contribution in [2.75, 3.05) is 26.8 Å². The van der Waals surface area contributed by atoms with Crippen LogP contribution in [0.4, 0.5) is 0 Å². The molecule has 0 spiro atoms. The van der Waals surface area contributed by atoms with Crippen LogP contribution in [-0.4, -0.2) is 65.5 Å². The summed E-state index contributed by atoms with van der Waals surface area (Å²) in [6.45, 7) is 3.69. The van der Waals surface area contributed by atoms with Crippen LogP contribution >= 0.6 is 0 Å². The molecule has 2 atom stereocenters. The van der Waals surface area contributed by atoms with E-state index in [1.807, 2.05) is 28.9 Å². The monoisotopic (exact) mass is 317 g/mol. The van der Waals surface area contributed by atoms with Gasteiger partial charge in [-0.3, -0.25) is 9.59 Å². The molecule has 0 N–H and O–H groups in total. The number of ether oxygens (including phenoxy) is 1. The minimum atomic E-state index is -0.0257. The standard InChI is InChI=1S/C17H23N3O3/c1-12-4-3-5-13(18-12)17(22)20-9-8-15-14(20)6-7-16(21)19(15)10-11-23-2/h3-5,14-15H,6-11H2,1-2H3/t14-,15+/m0/s1. The molecule has 2 amide bonds. The number of hydrogen-bond acceptors (Lipinski definition) is 4. The van der Waals surface area contributed by atoms with Gasteiger partial charge in [-0.05, 0) is 31.9 Å². The minimum absolute atomic E-state index is 0.0257. The van der Waals surface area contributed by atoms with Gasteiger partial charge in [0.1, 0.15) is 5.69 Å². The second-order valence-corrected chi connectivity index (χ2v) is 6.20. The molecule has 2 aliphatic rings. The molecule has 0 aromatic carbocycles. The zero-order chi connectivity index (χ0) is 16.4. The summed E-state index contributed by atoms with van der Waals surface area (Å²) < 4.78 is 5.11. The maximum atomic E-state index is 12.8. The second-order valence-electron chi connectivity index (χ2n) is 6.20. The normalized spacial score (nSPS) is 24.0. The van der Waals surface area contributed by atoms with Crippen molar-refractivity contribution in [1.82, 2.24) is 14.8 Å². The molecule has 2 saturated heterocycles. The highest BCUT2D eigenvalue weighted by Crippen LogP contribution is 2.32. The highest BCUT2D eigenvalue weighted by atomic mass is 16.5. The lowest BCUT2D eigenvalue weighted by molar-refractivity contribution is -0.138. The number of hydrogen-bond donors (Lipinski definition) is 0. The molecule has 0 saturated carbocycles. The quantitative estimate of drug-likeness (QED) is 0.838. The fraction of sp³-hybridized carbons (Fsp3) is 0.588. The van der Waals surface area contributed by atoms with Gasteiger partial charge in [0.2, 0.25) is 5.91 Å². The fourth-order valence-corrected chi connectivity index (χ4v) is 3.69. The molecule has 124 valence electrons. The van der Waals surface area contributed by atoms with Crippen molar-refractivity contribution in [1.29, 1.82) is 0 Å². The number of methoxy groups -OCH3 is 1. The van der Waals surface area contributed by atoms with E-state index in [-0.39, 0.29) is 23.9 Å². The molecule has 6 heteroatoms. The van der Waals surface area contributed by atoms with E-state index in [9.17, 15) is 9.59 Å². The molecule has 3 heterocycles. The average Bonchev–Trinajstić information content (AvgIpc) is 2.97. The van der Waals surface area contributed by atoms with Gasteiger partial charge < -0.3 is 14.5 Å². The predicted octanol–water partition coefficient (Wildman–Crippen LogP) is 1.24. The molecule has 0 bridgehead atoms. The highest BCUT2D eigenvalue weighted by molar-refractivity contribution is 5.93. The summed E-state index contributed by atoms with van der Waals surface area (Å²) in [7, 11) is 1.64. The summed E-state index contributed by atoms with van der Waals surface area (Å²) in [4.78, 5) is 33.1. The van der Waals surface area contributed by atoms with E-state index in [0.29, 0.717) is 31.8 Å². The zero-order valence-electron chi connectivity index (χ0n) is 13.7. The molecular formula is C17H23N3O3. The minimum Gasteiger partial charge on any atom is -0.383 e. The number of carbonyl (C=O) groups is 2. The van der Waals surface area contributed by atoms with Gasteiger partial charge in [0.25, 0.3) is 5.91 Å². The summed E-state index contributed by atoms with van der Waals surface area (Å²) in [5.74, 6) is 0.147. The molecule has 0 unspecified atom stereocenters. The molecule has 3 rings (SSSR count). The van der Waals surface area contributed by atoms with Crippen molar-refractivity contribution in [2.45, 2.75) is 38.3 Å². The average molecular weight is 317 g/mol. The van der Waals surface area contributed by atoms with Crippen molar-refractivity contribution in [3.8, 4) is 0 Å². The van der Waals surface area contributed by atoms with Crippen molar-refractivity contribution < 1.29 is 14.3 Å². The SMILES string of the molecule is COCCN1C(=O)CC[C@H]2[C@H]1CCN2C(=O)c1cccc(C)n1. The van der Waals surface area contributed by atoms with Crippen LogP contribution in [0.5, 0.6) is 0 Å². The molecule has 6 nitrogen and oxygen atoms in total. The van der Waals surface area contributed by atoms with Crippen molar-refractivity contribution in [2.24, 2.45) is 0 Å². The van der Waals surface area contributed by atoms with Crippen LogP contribution in [0.15, 0.2) is 18.2 Å². The molecule has 0 radical (unpaired) electrons. The number of pyridine rings is 1. The number of fused-ring (bicyclic) bond motifs is 1. The molecule has 23 heavy (non-hydrogen) atoms. The van der Waals surface area contributed by atoms with E-state index in [1.165, 1.54) is 0 Å². The fourth-order valence-electron chi connectivity index (χ4n) is 3.69. The Morgan fingerprint density at radius 1 is 1.35 bits per heavy atom. The number of rotatable bonds is 4. The first-order valence-electron chi connectivity index (χ1n) is 8.15. The van der Waals surface area contributed by atoms with Gasteiger partial charge in [-0.2, -0.15) is 0 Å². The number of nitrogens with zero attached hydrogens (tertiary/aromatic N) is 3. The van der Waals surface area contributed by atoms with Crippen molar-refractivity contribution in [3.63, 3.8) is 0 Å². The first kappa shape index (κ1) is 15.9. The van der Waals surface area contributed by atoms with E-state index in [2.05, 4.69) is 4.98 Å². The van der Waals surface area contributed by atoms with Gasteiger partial charge in [0, 0.05) is 32.3 Å². The Morgan fingerprint density at radius 2 is 2.17 bits per heavy atom. The lowest BCUT2D eigenvalue weighted by atomic mass is 9.96. The molecule has 2 fully saturated rings. The van der Waals surface area contributed by atoms with Gasteiger partial charge in [-0.1, -0.05) is 6.07 Å². The Morgan fingerprint density at radius 3 is 2.91 bits per heavy atom. The largest absolute Gasteiger partial charge is 0.383 e. The highest BCUT2D eigenvalue weighted by Gasteiger charge is 2.44. The third-order valence-electron chi connectivity index (χ3n) is 4.79. The van der Waals surface area contributed by atoms with Crippen LogP contribution in [0.1, 0.15) is 35.4 Å². The maximum Gasteiger partial charge on any atom is 0.272 e. The Bertz CT molecular complexity index is 605. The number of piperidine rings is 1. The van der Waals surface area contributed by atoms with Crippen LogP contribution < -0.4 is 0 Å². The molecule has 2 aliphatic heterocycles. The summed E-state index contributed by atoms with van der Waals surface area (Å²) in [5.41, 5.74) is 1.33. The third kappa shape index (κ3) is 3.08. The van der Waals surface area contributed by atoms with Crippen LogP contribution in [0.3, 0.4) is 0 Å². The first-order chi connectivity index (χ1) is 11.1. The molecule has 1 aromatic rings. The smallest absolute Gasteiger partial charge is 0.272 e. The van der Waals surface area contributed by atoms with E-state index >= 15 is 0 Å². The van der Waals surface area contributed by atoms with Gasteiger partial charge in [0.15, 0.2) is 0 Å². The lowest BCUT2D eigenvalue weighted by Gasteiger charge is -2.39. The van der Waals surface area contributed by atoms with Gasteiger partial charge in [0.05, 0.1) is 18.7 Å². The Labute approximate surface area is 136 Å².